The summed E-state index contributed by atoms with van der Waals surface area (Å²) >= 11 is 0. The second-order valence-electron chi connectivity index (χ2n) is 5.17. The van der Waals surface area contributed by atoms with Crippen LogP contribution >= 0.6 is 0 Å². The third kappa shape index (κ3) is 4.27. The molecule has 7 atom stereocenters. The highest BCUT2D eigenvalue weighted by atomic mass is 16.6. The molecular weight excluding hydrogens is 284 g/mol. The van der Waals surface area contributed by atoms with Crippen LogP contribution in [0.3, 0.4) is 0 Å². The standard InChI is InChI=1S/C12H22N2O7/c1-4(15)7(9(17)5(2)16)13-14-8-11(19)10(18)6(3)21-12(8)20/h4,6-8,10-15,18-20H,1-3H3/t4-,6+,7+,8+,10-,11+,12?/m1/s1. The van der Waals surface area contributed by atoms with Gasteiger partial charge in [-0.2, -0.15) is 0 Å². The molecule has 0 saturated carbocycles. The van der Waals surface area contributed by atoms with Gasteiger partial charge in [0, 0.05) is 6.92 Å². The Kier molecular flexibility index (Phi) is 6.35. The van der Waals surface area contributed by atoms with E-state index in [2.05, 4.69) is 10.9 Å². The fraction of sp³-hybridized carbons (Fsp3) is 0.833. The number of carbonyl (C=O) groups is 2. The average molecular weight is 306 g/mol. The highest BCUT2D eigenvalue weighted by Crippen LogP contribution is 2.19. The van der Waals surface area contributed by atoms with Crippen LogP contribution in [0.4, 0.5) is 0 Å². The first-order chi connectivity index (χ1) is 9.66. The zero-order valence-electron chi connectivity index (χ0n) is 12.1. The van der Waals surface area contributed by atoms with Crippen molar-refractivity contribution in [2.75, 3.05) is 0 Å². The van der Waals surface area contributed by atoms with Crippen LogP contribution in [0.15, 0.2) is 0 Å². The summed E-state index contributed by atoms with van der Waals surface area (Å²) in [7, 11) is 0. The maximum absolute atomic E-state index is 11.6. The van der Waals surface area contributed by atoms with E-state index in [0.717, 1.165) is 6.92 Å². The number of rotatable bonds is 6. The highest BCUT2D eigenvalue weighted by molar-refractivity contribution is 6.38. The lowest BCUT2D eigenvalue weighted by Crippen LogP contribution is -2.67. The highest BCUT2D eigenvalue weighted by Gasteiger charge is 2.42. The zero-order valence-corrected chi connectivity index (χ0v) is 12.1. The van der Waals surface area contributed by atoms with Crippen molar-refractivity contribution in [3.63, 3.8) is 0 Å². The number of hydrazine groups is 1. The first kappa shape index (κ1) is 18.1. The van der Waals surface area contributed by atoms with E-state index >= 15 is 0 Å². The molecule has 1 rings (SSSR count). The number of hydrogen-bond acceptors (Lipinski definition) is 9. The van der Waals surface area contributed by atoms with E-state index in [1.54, 1.807) is 0 Å². The smallest absolute Gasteiger partial charge is 0.218 e. The minimum atomic E-state index is -1.44. The maximum atomic E-state index is 11.6. The third-order valence-electron chi connectivity index (χ3n) is 3.38. The van der Waals surface area contributed by atoms with Crippen LogP contribution in [0.2, 0.25) is 0 Å². The summed E-state index contributed by atoms with van der Waals surface area (Å²) in [5.41, 5.74) is 4.81. The second-order valence-corrected chi connectivity index (χ2v) is 5.17. The lowest BCUT2D eigenvalue weighted by molar-refractivity contribution is -0.245. The maximum Gasteiger partial charge on any atom is 0.218 e. The quantitative estimate of drug-likeness (QED) is 0.220. The van der Waals surface area contributed by atoms with Gasteiger partial charge in [-0.05, 0) is 13.8 Å². The normalized spacial score (nSPS) is 36.0. The molecule has 0 aromatic rings. The Morgan fingerprint density at radius 2 is 1.76 bits per heavy atom. The predicted octanol–water partition coefficient (Wildman–Crippen LogP) is -3.18. The van der Waals surface area contributed by atoms with Crippen molar-refractivity contribution in [3.05, 3.63) is 0 Å². The average Bonchev–Trinajstić information content (AvgIpc) is 2.39. The molecule has 0 aromatic heterocycles. The lowest BCUT2D eigenvalue weighted by Gasteiger charge is -2.40. The van der Waals surface area contributed by atoms with Gasteiger partial charge < -0.3 is 25.2 Å². The molecule has 9 heteroatoms. The number of aliphatic hydroxyl groups is 4. The SMILES string of the molecule is CC(=O)C(=O)[C@@H](NN[C@@H]1C(O)O[C@@H](C)[C@@H](O)[C@H]1O)[C@@H](C)O. The second kappa shape index (κ2) is 7.36. The molecule has 9 nitrogen and oxygen atoms in total. The van der Waals surface area contributed by atoms with Gasteiger partial charge in [0.2, 0.25) is 5.78 Å². The van der Waals surface area contributed by atoms with E-state index in [9.17, 15) is 30.0 Å². The van der Waals surface area contributed by atoms with Crippen LogP contribution in [-0.4, -0.2) is 74.8 Å². The van der Waals surface area contributed by atoms with Crippen molar-refractivity contribution in [2.45, 2.75) is 63.6 Å². The van der Waals surface area contributed by atoms with Crippen molar-refractivity contribution in [1.29, 1.82) is 0 Å². The number of ketones is 2. The molecular formula is C12H22N2O7. The number of nitrogens with one attached hydrogen (secondary N) is 2. The van der Waals surface area contributed by atoms with Gasteiger partial charge in [0.05, 0.1) is 12.2 Å². The monoisotopic (exact) mass is 306 g/mol. The molecule has 1 unspecified atom stereocenters. The molecule has 1 aliphatic heterocycles. The Morgan fingerprint density at radius 1 is 1.19 bits per heavy atom. The summed E-state index contributed by atoms with van der Waals surface area (Å²) in [6.45, 7) is 3.86. The van der Waals surface area contributed by atoms with Crippen LogP contribution in [0.25, 0.3) is 0 Å². The van der Waals surface area contributed by atoms with E-state index in [0.29, 0.717) is 0 Å². The van der Waals surface area contributed by atoms with Crippen LogP contribution in [-0.2, 0) is 14.3 Å². The van der Waals surface area contributed by atoms with Gasteiger partial charge in [-0.15, -0.1) is 0 Å². The predicted molar refractivity (Wildman–Crippen MR) is 69.8 cm³/mol. The Bertz CT molecular complexity index is 390. The van der Waals surface area contributed by atoms with Gasteiger partial charge in [0.25, 0.3) is 0 Å². The zero-order chi connectivity index (χ0) is 16.3. The Hall–Kier alpha value is -0.940. The molecule has 0 radical (unpaired) electrons. The van der Waals surface area contributed by atoms with Crippen molar-refractivity contribution in [1.82, 2.24) is 10.9 Å². The number of hydrogen-bond donors (Lipinski definition) is 6. The topological polar surface area (TPSA) is 148 Å². The van der Waals surface area contributed by atoms with Gasteiger partial charge in [0.1, 0.15) is 24.3 Å². The number of ether oxygens (including phenoxy) is 1. The molecule has 122 valence electrons. The van der Waals surface area contributed by atoms with E-state index < -0.39 is 54.4 Å². The van der Waals surface area contributed by atoms with E-state index in [4.69, 9.17) is 4.74 Å². The summed E-state index contributed by atoms with van der Waals surface area (Å²) in [4.78, 5) is 22.7. The minimum absolute atomic E-state index is 0.746. The van der Waals surface area contributed by atoms with Gasteiger partial charge >= 0.3 is 0 Å². The summed E-state index contributed by atoms with van der Waals surface area (Å²) in [6.07, 6.45) is -5.98. The molecule has 0 amide bonds. The molecule has 6 N–H and O–H groups in total. The van der Waals surface area contributed by atoms with Crippen LogP contribution in [0.1, 0.15) is 20.8 Å². The Labute approximate surface area is 121 Å². The van der Waals surface area contributed by atoms with Gasteiger partial charge in [-0.25, -0.2) is 10.9 Å². The fourth-order valence-corrected chi connectivity index (χ4v) is 2.01. The third-order valence-corrected chi connectivity index (χ3v) is 3.38. The number of aliphatic hydroxyl groups excluding tert-OH is 4. The molecule has 21 heavy (non-hydrogen) atoms. The summed E-state index contributed by atoms with van der Waals surface area (Å²) < 4.78 is 5.01. The van der Waals surface area contributed by atoms with Crippen LogP contribution in [0.5, 0.6) is 0 Å². The van der Waals surface area contributed by atoms with Crippen molar-refractivity contribution >= 4 is 11.6 Å². The van der Waals surface area contributed by atoms with Crippen molar-refractivity contribution < 1.29 is 34.8 Å². The largest absolute Gasteiger partial charge is 0.391 e. The molecule has 1 aliphatic rings. The molecule has 0 aromatic carbocycles. The van der Waals surface area contributed by atoms with Gasteiger partial charge in [0.15, 0.2) is 12.1 Å². The van der Waals surface area contributed by atoms with E-state index in [-0.39, 0.29) is 0 Å². The van der Waals surface area contributed by atoms with Crippen molar-refractivity contribution in [2.24, 2.45) is 0 Å². The molecule has 1 heterocycles. The van der Waals surface area contributed by atoms with Gasteiger partial charge in [-0.1, -0.05) is 0 Å². The van der Waals surface area contributed by atoms with Crippen LogP contribution < -0.4 is 10.9 Å². The lowest BCUT2D eigenvalue weighted by atomic mass is 9.98. The number of carbonyl (C=O) groups excluding carboxylic acids is 2. The summed E-state index contributed by atoms with van der Waals surface area (Å²) in [5, 5.41) is 38.8. The Morgan fingerprint density at radius 3 is 2.24 bits per heavy atom. The fourth-order valence-electron chi connectivity index (χ4n) is 2.01. The molecule has 0 spiro atoms. The summed E-state index contributed by atoms with van der Waals surface area (Å²) in [5.74, 6) is -1.60. The molecule has 1 fully saturated rings. The van der Waals surface area contributed by atoms with Crippen molar-refractivity contribution in [3.8, 4) is 0 Å². The Balaban J connectivity index is 2.71. The molecule has 0 aliphatic carbocycles. The van der Waals surface area contributed by atoms with Crippen LogP contribution in [0, 0.1) is 0 Å². The first-order valence-corrected chi connectivity index (χ1v) is 6.60. The van der Waals surface area contributed by atoms with E-state index in [1.807, 2.05) is 0 Å². The summed E-state index contributed by atoms with van der Waals surface area (Å²) in [6, 6.07) is -2.39. The minimum Gasteiger partial charge on any atom is -0.391 e. The van der Waals surface area contributed by atoms with E-state index in [1.165, 1.54) is 13.8 Å². The molecule has 1 saturated heterocycles. The van der Waals surface area contributed by atoms with Gasteiger partial charge in [-0.3, -0.25) is 9.59 Å². The molecule has 0 bridgehead atoms. The number of Topliss-reactive ketones (excluding diaryl/α,β-unsaturated/α-hetero) is 2. The first-order valence-electron chi connectivity index (χ1n) is 6.60.